The minimum absolute atomic E-state index is 0.0519. The highest BCUT2D eigenvalue weighted by Gasteiger charge is 2.53. The first kappa shape index (κ1) is 8.97. The van der Waals surface area contributed by atoms with Crippen LogP contribution < -0.4 is 0 Å². The van der Waals surface area contributed by atoms with E-state index in [9.17, 15) is 15.0 Å². The van der Waals surface area contributed by atoms with Crippen LogP contribution in [0.25, 0.3) is 0 Å². The maximum Gasteiger partial charge on any atom is 0.302 e. The molecule has 0 spiro atoms. The van der Waals surface area contributed by atoms with E-state index in [4.69, 9.17) is 4.74 Å². The molecule has 0 radical (unpaired) electrons. The van der Waals surface area contributed by atoms with Crippen LogP contribution in [0.1, 0.15) is 19.8 Å². The molecule has 0 aliphatic heterocycles. The molecular weight excluding hydrogens is 172 g/mol. The molecule has 4 nitrogen and oxygen atoms in total. The highest BCUT2D eigenvalue weighted by molar-refractivity contribution is 5.66. The van der Waals surface area contributed by atoms with Gasteiger partial charge in [0.15, 0.2) is 0 Å². The van der Waals surface area contributed by atoms with Crippen LogP contribution in [0, 0.1) is 11.8 Å². The molecule has 5 atom stereocenters. The SMILES string of the molecule is CC(=O)O[C@@H]1C[C@H]2C[C@@H]1[C@H](O)[C@@H]2O. The number of esters is 1. The van der Waals surface area contributed by atoms with E-state index < -0.39 is 12.2 Å². The van der Waals surface area contributed by atoms with Gasteiger partial charge >= 0.3 is 5.97 Å². The molecule has 2 rings (SSSR count). The maximum absolute atomic E-state index is 10.7. The van der Waals surface area contributed by atoms with Gasteiger partial charge in [-0.2, -0.15) is 0 Å². The highest BCUT2D eigenvalue weighted by atomic mass is 16.5. The standard InChI is InChI=1S/C9H14O4/c1-4(10)13-7-3-5-2-6(7)9(12)8(5)11/h5-9,11-12H,2-3H2,1H3/t5-,6+,7-,8-,9+/m1/s1. The molecule has 0 unspecified atom stereocenters. The van der Waals surface area contributed by atoms with Crippen molar-refractivity contribution in [3.05, 3.63) is 0 Å². The Labute approximate surface area is 76.5 Å². The third kappa shape index (κ3) is 1.34. The molecular formula is C9H14O4. The van der Waals surface area contributed by atoms with E-state index in [1.807, 2.05) is 0 Å². The molecule has 74 valence electrons. The van der Waals surface area contributed by atoms with E-state index >= 15 is 0 Å². The zero-order chi connectivity index (χ0) is 9.59. The van der Waals surface area contributed by atoms with Gasteiger partial charge in [0, 0.05) is 12.8 Å². The molecule has 2 bridgehead atoms. The number of fused-ring (bicyclic) bond motifs is 2. The summed E-state index contributed by atoms with van der Waals surface area (Å²) in [6, 6.07) is 0. The second kappa shape index (κ2) is 2.96. The van der Waals surface area contributed by atoms with Crippen LogP contribution in [0.3, 0.4) is 0 Å². The summed E-state index contributed by atoms with van der Waals surface area (Å²) in [4.78, 5) is 10.7. The average Bonchev–Trinajstić information content (AvgIpc) is 2.53. The lowest BCUT2D eigenvalue weighted by atomic mass is 9.92. The molecule has 0 aromatic heterocycles. The summed E-state index contributed by atoms with van der Waals surface area (Å²) in [5.74, 6) is -0.243. The van der Waals surface area contributed by atoms with Gasteiger partial charge in [-0.05, 0) is 18.8 Å². The fourth-order valence-electron chi connectivity index (χ4n) is 2.59. The summed E-state index contributed by atoms with van der Waals surface area (Å²) >= 11 is 0. The van der Waals surface area contributed by atoms with Crippen LogP contribution in [0.5, 0.6) is 0 Å². The topological polar surface area (TPSA) is 66.8 Å². The third-order valence-corrected chi connectivity index (χ3v) is 3.18. The Morgan fingerprint density at radius 3 is 2.46 bits per heavy atom. The van der Waals surface area contributed by atoms with E-state index in [0.29, 0.717) is 6.42 Å². The lowest BCUT2D eigenvalue weighted by molar-refractivity contribution is -0.154. The zero-order valence-electron chi connectivity index (χ0n) is 7.51. The number of carbonyl (C=O) groups is 1. The van der Waals surface area contributed by atoms with Gasteiger partial charge in [0.05, 0.1) is 12.2 Å². The Kier molecular flexibility index (Phi) is 2.04. The minimum Gasteiger partial charge on any atom is -0.462 e. The summed E-state index contributed by atoms with van der Waals surface area (Å²) in [5, 5.41) is 19.0. The molecule has 0 saturated heterocycles. The van der Waals surface area contributed by atoms with Crippen LogP contribution in [-0.4, -0.2) is 34.5 Å². The number of rotatable bonds is 1. The van der Waals surface area contributed by atoms with Crippen LogP contribution >= 0.6 is 0 Å². The quantitative estimate of drug-likeness (QED) is 0.551. The summed E-state index contributed by atoms with van der Waals surface area (Å²) in [6.45, 7) is 1.37. The van der Waals surface area contributed by atoms with Gasteiger partial charge in [-0.1, -0.05) is 0 Å². The Bertz CT molecular complexity index is 226. The maximum atomic E-state index is 10.7. The monoisotopic (exact) mass is 186 g/mol. The molecule has 13 heavy (non-hydrogen) atoms. The van der Waals surface area contributed by atoms with Crippen molar-refractivity contribution in [1.82, 2.24) is 0 Å². The molecule has 0 amide bonds. The first-order valence-electron chi connectivity index (χ1n) is 4.63. The molecule has 4 heteroatoms. The van der Waals surface area contributed by atoms with Crippen LogP contribution in [0.15, 0.2) is 0 Å². The Morgan fingerprint density at radius 1 is 1.31 bits per heavy atom. The Balaban J connectivity index is 2.02. The van der Waals surface area contributed by atoms with E-state index in [1.165, 1.54) is 6.92 Å². The van der Waals surface area contributed by atoms with Gasteiger partial charge in [-0.25, -0.2) is 0 Å². The third-order valence-electron chi connectivity index (χ3n) is 3.18. The minimum atomic E-state index is -0.705. The molecule has 2 aliphatic carbocycles. The number of hydrogen-bond acceptors (Lipinski definition) is 4. The van der Waals surface area contributed by atoms with E-state index in [2.05, 4.69) is 0 Å². The lowest BCUT2D eigenvalue weighted by Gasteiger charge is -2.28. The molecule has 2 fully saturated rings. The zero-order valence-corrected chi connectivity index (χ0v) is 7.51. The van der Waals surface area contributed by atoms with Crippen molar-refractivity contribution in [2.24, 2.45) is 11.8 Å². The molecule has 2 aliphatic rings. The van der Waals surface area contributed by atoms with E-state index in [-0.39, 0.29) is 23.9 Å². The molecule has 0 aromatic rings. The number of ether oxygens (including phenoxy) is 1. The summed E-state index contributed by atoms with van der Waals surface area (Å²) in [7, 11) is 0. The van der Waals surface area contributed by atoms with Crippen molar-refractivity contribution in [1.29, 1.82) is 0 Å². The van der Waals surface area contributed by atoms with E-state index in [0.717, 1.165) is 6.42 Å². The first-order valence-corrected chi connectivity index (χ1v) is 4.63. The number of carbonyl (C=O) groups excluding carboxylic acids is 1. The van der Waals surface area contributed by atoms with Crippen molar-refractivity contribution >= 4 is 5.97 Å². The predicted molar refractivity (Wildman–Crippen MR) is 43.8 cm³/mol. The van der Waals surface area contributed by atoms with Gasteiger partial charge in [0.2, 0.25) is 0 Å². The normalized spacial score (nSPS) is 48.1. The number of aliphatic hydroxyl groups is 2. The van der Waals surface area contributed by atoms with Gasteiger partial charge in [0.25, 0.3) is 0 Å². The molecule has 0 heterocycles. The Morgan fingerprint density at radius 2 is 2.00 bits per heavy atom. The van der Waals surface area contributed by atoms with Crippen LogP contribution in [0.4, 0.5) is 0 Å². The first-order chi connectivity index (χ1) is 6.09. The number of hydrogen-bond donors (Lipinski definition) is 2. The van der Waals surface area contributed by atoms with Crippen molar-refractivity contribution in [3.63, 3.8) is 0 Å². The Hall–Kier alpha value is -0.610. The van der Waals surface area contributed by atoms with E-state index in [1.54, 1.807) is 0 Å². The fourth-order valence-corrected chi connectivity index (χ4v) is 2.59. The van der Waals surface area contributed by atoms with Gasteiger partial charge < -0.3 is 14.9 Å². The van der Waals surface area contributed by atoms with Crippen molar-refractivity contribution in [2.75, 3.05) is 0 Å². The van der Waals surface area contributed by atoms with Crippen LogP contribution in [0.2, 0.25) is 0 Å². The lowest BCUT2D eigenvalue weighted by Crippen LogP contribution is -2.40. The highest BCUT2D eigenvalue weighted by Crippen LogP contribution is 2.46. The summed E-state index contributed by atoms with van der Waals surface area (Å²) < 4.78 is 5.05. The van der Waals surface area contributed by atoms with Gasteiger partial charge in [-0.3, -0.25) is 4.79 Å². The smallest absolute Gasteiger partial charge is 0.302 e. The molecule has 0 aromatic carbocycles. The average molecular weight is 186 g/mol. The largest absolute Gasteiger partial charge is 0.462 e. The van der Waals surface area contributed by atoms with Crippen LogP contribution in [-0.2, 0) is 9.53 Å². The van der Waals surface area contributed by atoms with Crippen molar-refractivity contribution in [3.8, 4) is 0 Å². The summed E-state index contributed by atoms with van der Waals surface area (Å²) in [6.07, 6.45) is -0.0243. The number of aliphatic hydroxyl groups excluding tert-OH is 2. The van der Waals surface area contributed by atoms with Crippen molar-refractivity contribution < 1.29 is 19.7 Å². The van der Waals surface area contributed by atoms with Crippen molar-refractivity contribution in [2.45, 2.75) is 38.1 Å². The van der Waals surface area contributed by atoms with Gasteiger partial charge in [-0.15, -0.1) is 0 Å². The summed E-state index contributed by atoms with van der Waals surface area (Å²) in [5.41, 5.74) is 0. The molecule has 2 saturated carbocycles. The second-order valence-electron chi connectivity index (χ2n) is 4.02. The fraction of sp³-hybridized carbons (Fsp3) is 0.889. The molecule has 2 N–H and O–H groups in total. The van der Waals surface area contributed by atoms with Gasteiger partial charge in [0.1, 0.15) is 6.10 Å². The second-order valence-corrected chi connectivity index (χ2v) is 4.02. The predicted octanol–water partition coefficient (Wildman–Crippen LogP) is -0.320.